The maximum atomic E-state index is 6.23. The van der Waals surface area contributed by atoms with E-state index < -0.39 is 0 Å². The number of nitrogens with two attached hydrogens (primary N) is 1. The minimum atomic E-state index is 0.574. The van der Waals surface area contributed by atoms with E-state index in [1.54, 1.807) is 0 Å². The van der Waals surface area contributed by atoms with E-state index in [0.717, 1.165) is 18.7 Å². The zero-order valence-corrected chi connectivity index (χ0v) is 12.2. The predicted octanol–water partition coefficient (Wildman–Crippen LogP) is 3.55. The van der Waals surface area contributed by atoms with Gasteiger partial charge in [0.15, 0.2) is 0 Å². The van der Waals surface area contributed by atoms with Crippen LogP contribution in [0.15, 0.2) is 18.2 Å². The van der Waals surface area contributed by atoms with E-state index >= 15 is 0 Å². The Morgan fingerprint density at radius 2 is 2.11 bits per heavy atom. The molecule has 1 saturated carbocycles. The lowest BCUT2D eigenvalue weighted by Gasteiger charge is -2.29. The van der Waals surface area contributed by atoms with Gasteiger partial charge in [0.25, 0.3) is 0 Å². The first-order valence-corrected chi connectivity index (χ1v) is 7.22. The summed E-state index contributed by atoms with van der Waals surface area (Å²) in [6.45, 7) is 1.61. The molecule has 2 atom stereocenters. The topological polar surface area (TPSA) is 29.3 Å². The van der Waals surface area contributed by atoms with Crippen molar-refractivity contribution in [3.05, 3.63) is 33.8 Å². The normalized spacial score (nSPS) is 23.8. The van der Waals surface area contributed by atoms with Crippen LogP contribution in [0.1, 0.15) is 24.8 Å². The molecule has 2 rings (SSSR count). The van der Waals surface area contributed by atoms with Crippen LogP contribution in [0.5, 0.6) is 0 Å². The van der Waals surface area contributed by atoms with Crippen molar-refractivity contribution in [2.45, 2.75) is 31.8 Å². The van der Waals surface area contributed by atoms with Crippen molar-refractivity contribution in [1.29, 1.82) is 0 Å². The third-order valence-corrected chi connectivity index (χ3v) is 4.80. The number of halogens is 2. The van der Waals surface area contributed by atoms with Crippen LogP contribution in [0, 0.1) is 5.92 Å². The maximum absolute atomic E-state index is 6.23. The van der Waals surface area contributed by atoms with Gasteiger partial charge in [0.05, 0.1) is 10.0 Å². The van der Waals surface area contributed by atoms with Crippen molar-refractivity contribution in [1.82, 2.24) is 4.90 Å². The van der Waals surface area contributed by atoms with Gasteiger partial charge in [-0.05, 0) is 44.0 Å². The van der Waals surface area contributed by atoms with Crippen LogP contribution in [0.25, 0.3) is 0 Å². The molecule has 1 fully saturated rings. The zero-order valence-electron chi connectivity index (χ0n) is 10.7. The van der Waals surface area contributed by atoms with Crippen LogP contribution in [0.2, 0.25) is 10.0 Å². The van der Waals surface area contributed by atoms with Crippen LogP contribution in [0.3, 0.4) is 0 Å². The van der Waals surface area contributed by atoms with Crippen molar-refractivity contribution in [2.75, 3.05) is 13.6 Å². The average molecular weight is 287 g/mol. The fourth-order valence-corrected chi connectivity index (χ4v) is 3.31. The summed E-state index contributed by atoms with van der Waals surface area (Å²) in [5.41, 5.74) is 6.93. The first-order chi connectivity index (χ1) is 8.63. The van der Waals surface area contributed by atoms with Crippen molar-refractivity contribution in [2.24, 2.45) is 11.7 Å². The third kappa shape index (κ3) is 3.00. The number of hydrogen-bond acceptors (Lipinski definition) is 2. The minimum Gasteiger partial charge on any atom is -0.330 e. The Kier molecular flexibility index (Phi) is 4.91. The number of rotatable bonds is 4. The summed E-state index contributed by atoms with van der Waals surface area (Å²) in [4.78, 5) is 2.36. The molecular formula is C14H20Cl2N2. The molecular weight excluding hydrogens is 267 g/mol. The highest BCUT2D eigenvalue weighted by atomic mass is 35.5. The molecule has 1 aromatic carbocycles. The summed E-state index contributed by atoms with van der Waals surface area (Å²) in [5.74, 6) is 0.618. The van der Waals surface area contributed by atoms with Crippen molar-refractivity contribution >= 4 is 23.2 Å². The van der Waals surface area contributed by atoms with Gasteiger partial charge in [-0.25, -0.2) is 0 Å². The Hall–Kier alpha value is -0.280. The second kappa shape index (κ2) is 6.25. The molecule has 4 heteroatoms. The van der Waals surface area contributed by atoms with E-state index in [2.05, 4.69) is 11.9 Å². The summed E-state index contributed by atoms with van der Waals surface area (Å²) in [7, 11) is 2.15. The van der Waals surface area contributed by atoms with Crippen LogP contribution >= 0.6 is 23.2 Å². The van der Waals surface area contributed by atoms with Crippen LogP contribution < -0.4 is 5.73 Å². The molecule has 2 nitrogen and oxygen atoms in total. The van der Waals surface area contributed by atoms with E-state index in [1.165, 1.54) is 19.3 Å². The molecule has 100 valence electrons. The molecule has 1 aliphatic carbocycles. The van der Waals surface area contributed by atoms with Crippen molar-refractivity contribution in [3.8, 4) is 0 Å². The monoisotopic (exact) mass is 286 g/mol. The lowest BCUT2D eigenvalue weighted by atomic mass is 10.0. The molecule has 0 amide bonds. The third-order valence-electron chi connectivity index (χ3n) is 3.94. The largest absolute Gasteiger partial charge is 0.330 e. The number of benzene rings is 1. The highest BCUT2D eigenvalue weighted by Crippen LogP contribution is 2.31. The van der Waals surface area contributed by atoms with E-state index in [4.69, 9.17) is 28.9 Å². The molecule has 0 radical (unpaired) electrons. The molecule has 0 saturated heterocycles. The summed E-state index contributed by atoms with van der Waals surface area (Å²) in [5, 5.41) is 1.30. The fourth-order valence-electron chi connectivity index (χ4n) is 2.93. The Bertz CT molecular complexity index is 409. The number of nitrogens with zero attached hydrogens (tertiary/aromatic N) is 1. The Labute approximate surface area is 119 Å². The highest BCUT2D eigenvalue weighted by molar-refractivity contribution is 6.42. The van der Waals surface area contributed by atoms with E-state index in [1.807, 2.05) is 18.2 Å². The molecule has 1 aromatic rings. The molecule has 0 aliphatic heterocycles. The van der Waals surface area contributed by atoms with Crippen molar-refractivity contribution in [3.63, 3.8) is 0 Å². The quantitative estimate of drug-likeness (QED) is 0.917. The predicted molar refractivity (Wildman–Crippen MR) is 78.1 cm³/mol. The maximum Gasteiger partial charge on any atom is 0.0637 e. The summed E-state index contributed by atoms with van der Waals surface area (Å²) >= 11 is 12.3. The van der Waals surface area contributed by atoms with E-state index in [-0.39, 0.29) is 0 Å². The van der Waals surface area contributed by atoms with Gasteiger partial charge >= 0.3 is 0 Å². The Balaban J connectivity index is 2.06. The average Bonchev–Trinajstić information content (AvgIpc) is 2.83. The van der Waals surface area contributed by atoms with Gasteiger partial charge in [-0.1, -0.05) is 41.8 Å². The molecule has 0 bridgehead atoms. The molecule has 0 spiro atoms. The van der Waals surface area contributed by atoms with Gasteiger partial charge < -0.3 is 5.73 Å². The molecule has 2 unspecified atom stereocenters. The lowest BCUT2D eigenvalue weighted by molar-refractivity contribution is 0.193. The Morgan fingerprint density at radius 3 is 2.83 bits per heavy atom. The fraction of sp³-hybridized carbons (Fsp3) is 0.571. The lowest BCUT2D eigenvalue weighted by Crippen LogP contribution is -2.37. The Morgan fingerprint density at radius 1 is 1.33 bits per heavy atom. The summed E-state index contributed by atoms with van der Waals surface area (Å²) in [6.07, 6.45) is 3.76. The first-order valence-electron chi connectivity index (χ1n) is 6.46. The molecule has 2 N–H and O–H groups in total. The molecule has 0 heterocycles. The first kappa shape index (κ1) is 14.1. The van der Waals surface area contributed by atoms with Gasteiger partial charge in [0.1, 0.15) is 0 Å². The van der Waals surface area contributed by atoms with Crippen LogP contribution in [-0.2, 0) is 6.54 Å². The van der Waals surface area contributed by atoms with Gasteiger partial charge in [0.2, 0.25) is 0 Å². The zero-order chi connectivity index (χ0) is 13.1. The van der Waals surface area contributed by atoms with E-state index in [9.17, 15) is 0 Å². The van der Waals surface area contributed by atoms with Gasteiger partial charge in [-0.3, -0.25) is 4.90 Å². The van der Waals surface area contributed by atoms with Gasteiger partial charge in [0, 0.05) is 12.6 Å². The van der Waals surface area contributed by atoms with E-state index in [0.29, 0.717) is 22.0 Å². The number of hydrogen-bond donors (Lipinski definition) is 1. The summed E-state index contributed by atoms with van der Waals surface area (Å²) in [6, 6.07) is 6.39. The smallest absolute Gasteiger partial charge is 0.0637 e. The second-order valence-electron chi connectivity index (χ2n) is 5.12. The van der Waals surface area contributed by atoms with Gasteiger partial charge in [-0.15, -0.1) is 0 Å². The SMILES string of the molecule is CN(Cc1cccc(Cl)c1Cl)C1CCCC1CN. The second-order valence-corrected chi connectivity index (χ2v) is 5.91. The molecule has 0 aromatic heterocycles. The van der Waals surface area contributed by atoms with Gasteiger partial charge in [-0.2, -0.15) is 0 Å². The van der Waals surface area contributed by atoms with Crippen LogP contribution in [-0.4, -0.2) is 24.5 Å². The summed E-state index contributed by atoms with van der Waals surface area (Å²) < 4.78 is 0. The van der Waals surface area contributed by atoms with Crippen molar-refractivity contribution < 1.29 is 0 Å². The highest BCUT2D eigenvalue weighted by Gasteiger charge is 2.29. The minimum absolute atomic E-state index is 0.574. The molecule has 18 heavy (non-hydrogen) atoms. The standard InChI is InChI=1S/C14H20Cl2N2/c1-18(13-7-3-4-10(13)8-17)9-11-5-2-6-12(15)14(11)16/h2,5-6,10,13H,3-4,7-9,17H2,1H3. The molecule has 1 aliphatic rings. The van der Waals surface area contributed by atoms with Crippen LogP contribution in [0.4, 0.5) is 0 Å².